The zero-order valence-electron chi connectivity index (χ0n) is 12.3. The maximum absolute atomic E-state index is 12.6. The fourth-order valence-corrected chi connectivity index (χ4v) is 4.57. The number of carbonyl (C=O) groups is 1. The molecule has 1 aromatic carbocycles. The maximum atomic E-state index is 12.6. The van der Waals surface area contributed by atoms with Crippen LogP contribution in [0, 0.1) is 5.92 Å². The van der Waals surface area contributed by atoms with Gasteiger partial charge in [0.15, 0.2) is 0 Å². The zero-order valence-corrected chi connectivity index (χ0v) is 13.1. The molecule has 114 valence electrons. The Morgan fingerprint density at radius 2 is 2.05 bits per heavy atom. The molecule has 2 fully saturated rings. The van der Waals surface area contributed by atoms with E-state index in [1.165, 1.54) is 43.9 Å². The Morgan fingerprint density at radius 3 is 2.90 bits per heavy atom. The van der Waals surface area contributed by atoms with Gasteiger partial charge in [-0.1, -0.05) is 18.9 Å². The number of aromatic hydroxyl groups is 1. The fourth-order valence-electron chi connectivity index (χ4n) is 3.74. The van der Waals surface area contributed by atoms with Gasteiger partial charge in [-0.05, 0) is 49.8 Å². The normalized spacial score (nSPS) is 25.4. The van der Waals surface area contributed by atoms with Crippen LogP contribution in [0.25, 0.3) is 0 Å². The van der Waals surface area contributed by atoms with Crippen molar-refractivity contribution in [3.8, 4) is 5.75 Å². The molecule has 1 saturated carbocycles. The van der Waals surface area contributed by atoms with Crippen LogP contribution in [0.15, 0.2) is 29.2 Å². The highest BCUT2D eigenvalue weighted by Gasteiger charge is 2.35. The second-order valence-electron chi connectivity index (χ2n) is 6.13. The molecule has 1 aliphatic carbocycles. The van der Waals surface area contributed by atoms with Crippen molar-refractivity contribution in [2.45, 2.75) is 49.5 Å². The van der Waals surface area contributed by atoms with Gasteiger partial charge in [0, 0.05) is 17.5 Å². The third-order valence-corrected chi connectivity index (χ3v) is 5.72. The van der Waals surface area contributed by atoms with Gasteiger partial charge in [-0.15, -0.1) is 11.8 Å². The molecule has 1 aromatic rings. The highest BCUT2D eigenvalue weighted by atomic mass is 32.2. The average molecular weight is 305 g/mol. The Labute approximate surface area is 130 Å². The van der Waals surface area contributed by atoms with Crippen molar-refractivity contribution in [1.29, 1.82) is 0 Å². The molecule has 21 heavy (non-hydrogen) atoms. The van der Waals surface area contributed by atoms with E-state index in [1.807, 2.05) is 12.1 Å². The van der Waals surface area contributed by atoms with E-state index in [1.54, 1.807) is 12.1 Å². The predicted molar refractivity (Wildman–Crippen MR) is 85.5 cm³/mol. The number of amides is 1. The highest BCUT2D eigenvalue weighted by molar-refractivity contribution is 8.00. The molecule has 2 aliphatic rings. The smallest absolute Gasteiger partial charge is 0.233 e. The molecule has 1 N–H and O–H groups in total. The molecule has 0 spiro atoms. The summed E-state index contributed by atoms with van der Waals surface area (Å²) in [4.78, 5) is 15.7. The summed E-state index contributed by atoms with van der Waals surface area (Å²) in [5.41, 5.74) is 0. The van der Waals surface area contributed by atoms with Gasteiger partial charge in [-0.2, -0.15) is 0 Å². The van der Waals surface area contributed by atoms with Crippen LogP contribution in [0.1, 0.15) is 38.5 Å². The van der Waals surface area contributed by atoms with Crippen molar-refractivity contribution >= 4 is 17.7 Å². The van der Waals surface area contributed by atoms with Crippen molar-refractivity contribution in [3.05, 3.63) is 24.3 Å². The average Bonchev–Trinajstić information content (AvgIpc) is 2.52. The summed E-state index contributed by atoms with van der Waals surface area (Å²) in [5.74, 6) is 1.74. The first-order valence-corrected chi connectivity index (χ1v) is 8.94. The molecule has 0 aromatic heterocycles. The van der Waals surface area contributed by atoms with E-state index in [9.17, 15) is 9.90 Å². The number of thioether (sulfide) groups is 1. The molecule has 3 nitrogen and oxygen atoms in total. The zero-order chi connectivity index (χ0) is 14.7. The third-order valence-electron chi connectivity index (χ3n) is 4.74. The summed E-state index contributed by atoms with van der Waals surface area (Å²) < 4.78 is 0. The van der Waals surface area contributed by atoms with Crippen molar-refractivity contribution in [1.82, 2.24) is 4.90 Å². The summed E-state index contributed by atoms with van der Waals surface area (Å²) in [7, 11) is 0. The lowest BCUT2D eigenvalue weighted by molar-refractivity contribution is -0.134. The number of carbonyl (C=O) groups excluding carboxylic acids is 1. The number of hydrogen-bond acceptors (Lipinski definition) is 3. The fraction of sp³-hybridized carbons (Fsp3) is 0.588. The van der Waals surface area contributed by atoms with Crippen LogP contribution in [-0.4, -0.2) is 34.3 Å². The van der Waals surface area contributed by atoms with Gasteiger partial charge in [-0.25, -0.2) is 0 Å². The predicted octanol–water partition coefficient (Wildman–Crippen LogP) is 3.67. The topological polar surface area (TPSA) is 40.5 Å². The first-order valence-electron chi connectivity index (χ1n) is 7.95. The lowest BCUT2D eigenvalue weighted by Crippen LogP contribution is -2.50. The van der Waals surface area contributed by atoms with Crippen molar-refractivity contribution in [3.63, 3.8) is 0 Å². The molecule has 3 rings (SSSR count). The van der Waals surface area contributed by atoms with E-state index >= 15 is 0 Å². The van der Waals surface area contributed by atoms with Crippen molar-refractivity contribution < 1.29 is 9.90 Å². The number of piperidine rings is 1. The molecule has 1 heterocycles. The Bertz CT molecular complexity index is 503. The highest BCUT2D eigenvalue weighted by Crippen LogP contribution is 2.35. The Kier molecular flexibility index (Phi) is 4.73. The molecule has 1 aliphatic heterocycles. The molecule has 0 radical (unpaired) electrons. The number of phenols is 1. The molecule has 2 unspecified atom stereocenters. The second kappa shape index (κ2) is 6.73. The van der Waals surface area contributed by atoms with Gasteiger partial charge in [0.2, 0.25) is 5.91 Å². The lowest BCUT2D eigenvalue weighted by Gasteiger charge is -2.44. The van der Waals surface area contributed by atoms with Gasteiger partial charge < -0.3 is 10.0 Å². The number of phenolic OH excluding ortho intramolecular Hbond substituents is 1. The molecule has 0 bridgehead atoms. The van der Waals surface area contributed by atoms with Crippen LogP contribution >= 0.6 is 11.8 Å². The van der Waals surface area contributed by atoms with Gasteiger partial charge in [0.25, 0.3) is 0 Å². The first kappa shape index (κ1) is 14.8. The summed E-state index contributed by atoms with van der Waals surface area (Å²) in [6.45, 7) is 0.931. The van der Waals surface area contributed by atoms with Crippen LogP contribution in [0.5, 0.6) is 5.75 Å². The third kappa shape index (κ3) is 3.54. The summed E-state index contributed by atoms with van der Waals surface area (Å²) in [6.07, 6.45) is 7.55. The van der Waals surface area contributed by atoms with E-state index in [4.69, 9.17) is 0 Å². The number of likely N-dealkylation sites (tertiary alicyclic amines) is 1. The molecule has 2 atom stereocenters. The SMILES string of the molecule is O=C(CSc1cccc(O)c1)N1CCCC2CCCCC21. The summed E-state index contributed by atoms with van der Waals surface area (Å²) in [5, 5.41) is 9.47. The largest absolute Gasteiger partial charge is 0.508 e. The Hall–Kier alpha value is -1.16. The quantitative estimate of drug-likeness (QED) is 0.866. The minimum atomic E-state index is 0.262. The van der Waals surface area contributed by atoms with Crippen molar-refractivity contribution in [2.24, 2.45) is 5.92 Å². The van der Waals surface area contributed by atoms with Crippen LogP contribution in [0.3, 0.4) is 0 Å². The maximum Gasteiger partial charge on any atom is 0.233 e. The molecule has 1 amide bonds. The van der Waals surface area contributed by atoms with Gasteiger partial charge in [0.1, 0.15) is 5.75 Å². The molecule has 1 saturated heterocycles. The van der Waals surface area contributed by atoms with Gasteiger partial charge in [0.05, 0.1) is 5.75 Å². The summed E-state index contributed by atoms with van der Waals surface area (Å²) in [6, 6.07) is 7.63. The number of nitrogens with zero attached hydrogens (tertiary/aromatic N) is 1. The van der Waals surface area contributed by atoms with Crippen LogP contribution < -0.4 is 0 Å². The standard InChI is InChI=1S/C17H23NO2S/c19-14-7-3-8-15(11-14)21-12-17(20)18-10-4-6-13-5-1-2-9-16(13)18/h3,7-8,11,13,16,19H,1-2,4-6,9-10,12H2. The van der Waals surface area contributed by atoms with Crippen LogP contribution in [0.2, 0.25) is 0 Å². The molecular formula is C17H23NO2S. The van der Waals surface area contributed by atoms with Crippen LogP contribution in [-0.2, 0) is 4.79 Å². The number of hydrogen-bond donors (Lipinski definition) is 1. The van der Waals surface area contributed by atoms with Crippen LogP contribution in [0.4, 0.5) is 0 Å². The Morgan fingerprint density at radius 1 is 1.24 bits per heavy atom. The minimum Gasteiger partial charge on any atom is -0.508 e. The van der Waals surface area contributed by atoms with Gasteiger partial charge >= 0.3 is 0 Å². The van der Waals surface area contributed by atoms with E-state index in [0.29, 0.717) is 11.8 Å². The van der Waals surface area contributed by atoms with Gasteiger partial charge in [-0.3, -0.25) is 4.79 Å². The number of rotatable bonds is 3. The first-order chi connectivity index (χ1) is 10.2. The van der Waals surface area contributed by atoms with E-state index in [2.05, 4.69) is 4.90 Å². The van der Waals surface area contributed by atoms with Crippen molar-refractivity contribution in [2.75, 3.05) is 12.3 Å². The van der Waals surface area contributed by atoms with E-state index in [0.717, 1.165) is 23.8 Å². The number of fused-ring (bicyclic) bond motifs is 1. The molecule has 4 heteroatoms. The number of benzene rings is 1. The monoisotopic (exact) mass is 305 g/mol. The molecular weight excluding hydrogens is 282 g/mol. The van der Waals surface area contributed by atoms with E-state index in [-0.39, 0.29) is 11.7 Å². The lowest BCUT2D eigenvalue weighted by atomic mass is 9.78. The van der Waals surface area contributed by atoms with E-state index < -0.39 is 0 Å². The minimum absolute atomic E-state index is 0.262. The summed E-state index contributed by atoms with van der Waals surface area (Å²) >= 11 is 1.52. The second-order valence-corrected chi connectivity index (χ2v) is 7.18. The Balaban J connectivity index is 1.59.